The van der Waals surface area contributed by atoms with Crippen molar-refractivity contribution in [2.75, 3.05) is 5.75 Å². The van der Waals surface area contributed by atoms with E-state index in [1.54, 1.807) is 12.4 Å². The van der Waals surface area contributed by atoms with E-state index in [9.17, 15) is 4.79 Å². The predicted molar refractivity (Wildman–Crippen MR) is 123 cm³/mol. The van der Waals surface area contributed by atoms with Crippen LogP contribution in [0.5, 0.6) is 0 Å². The van der Waals surface area contributed by atoms with Crippen LogP contribution in [0.1, 0.15) is 18.5 Å². The van der Waals surface area contributed by atoms with E-state index in [1.165, 1.54) is 11.8 Å². The molecule has 4 aromatic rings. The molecule has 8 heteroatoms. The first-order chi connectivity index (χ1) is 15.1. The number of amides is 1. The molecule has 0 radical (unpaired) electrons. The molecule has 1 N–H and O–H groups in total. The molecule has 1 amide bonds. The first-order valence-electron chi connectivity index (χ1n) is 9.70. The van der Waals surface area contributed by atoms with Gasteiger partial charge in [0.1, 0.15) is 0 Å². The fourth-order valence-corrected chi connectivity index (χ4v) is 3.99. The lowest BCUT2D eigenvalue weighted by atomic mass is 10.1. The second-order valence-electron chi connectivity index (χ2n) is 6.85. The molecule has 31 heavy (non-hydrogen) atoms. The molecule has 0 aliphatic heterocycles. The van der Waals surface area contributed by atoms with Crippen LogP contribution in [0.2, 0.25) is 5.02 Å². The molecular formula is C23H20ClN5OS. The van der Waals surface area contributed by atoms with Gasteiger partial charge in [0.15, 0.2) is 11.0 Å². The highest BCUT2D eigenvalue weighted by molar-refractivity contribution is 7.99. The Morgan fingerprint density at radius 2 is 1.84 bits per heavy atom. The molecule has 156 valence electrons. The van der Waals surface area contributed by atoms with Crippen LogP contribution in [0.15, 0.2) is 84.3 Å². The number of para-hydroxylation sites is 1. The van der Waals surface area contributed by atoms with Crippen molar-refractivity contribution in [3.8, 4) is 17.1 Å². The molecule has 4 rings (SSSR count). The number of hydrogen-bond donors (Lipinski definition) is 1. The maximum absolute atomic E-state index is 12.6. The van der Waals surface area contributed by atoms with Crippen LogP contribution in [0.25, 0.3) is 17.1 Å². The summed E-state index contributed by atoms with van der Waals surface area (Å²) >= 11 is 7.28. The average molecular weight is 450 g/mol. The monoisotopic (exact) mass is 449 g/mol. The molecule has 0 saturated carbocycles. The van der Waals surface area contributed by atoms with Crippen LogP contribution in [0, 0.1) is 0 Å². The van der Waals surface area contributed by atoms with E-state index in [4.69, 9.17) is 11.6 Å². The number of hydrogen-bond acceptors (Lipinski definition) is 5. The van der Waals surface area contributed by atoms with Crippen molar-refractivity contribution in [2.24, 2.45) is 0 Å². The van der Waals surface area contributed by atoms with Crippen molar-refractivity contribution >= 4 is 29.3 Å². The van der Waals surface area contributed by atoms with E-state index in [0.717, 1.165) is 16.8 Å². The van der Waals surface area contributed by atoms with Crippen molar-refractivity contribution in [1.29, 1.82) is 0 Å². The summed E-state index contributed by atoms with van der Waals surface area (Å²) in [6.45, 7) is 1.94. The molecule has 2 aromatic carbocycles. The summed E-state index contributed by atoms with van der Waals surface area (Å²) < 4.78 is 1.94. The number of rotatable bonds is 7. The van der Waals surface area contributed by atoms with Gasteiger partial charge in [0, 0.05) is 28.7 Å². The quantitative estimate of drug-likeness (QED) is 0.404. The van der Waals surface area contributed by atoms with E-state index in [-0.39, 0.29) is 17.7 Å². The SMILES string of the molecule is CC(NC(=O)CSc1nnc(-c2cccnc2)n1-c1ccccc1)c1ccc(Cl)cc1. The Morgan fingerprint density at radius 3 is 2.55 bits per heavy atom. The summed E-state index contributed by atoms with van der Waals surface area (Å²) in [4.78, 5) is 16.8. The second kappa shape index (κ2) is 9.76. The number of pyridine rings is 1. The molecule has 0 bridgehead atoms. The van der Waals surface area contributed by atoms with Crippen molar-refractivity contribution in [3.63, 3.8) is 0 Å². The third-order valence-electron chi connectivity index (χ3n) is 4.65. The maximum atomic E-state index is 12.6. The van der Waals surface area contributed by atoms with Gasteiger partial charge in [-0.2, -0.15) is 0 Å². The minimum Gasteiger partial charge on any atom is -0.349 e. The number of nitrogens with one attached hydrogen (secondary N) is 1. The van der Waals surface area contributed by atoms with Gasteiger partial charge < -0.3 is 5.32 Å². The molecule has 1 unspecified atom stereocenters. The molecule has 0 aliphatic carbocycles. The number of halogens is 1. The van der Waals surface area contributed by atoms with Crippen LogP contribution >= 0.6 is 23.4 Å². The number of nitrogens with zero attached hydrogens (tertiary/aromatic N) is 4. The van der Waals surface area contributed by atoms with Gasteiger partial charge >= 0.3 is 0 Å². The lowest BCUT2D eigenvalue weighted by Crippen LogP contribution is -2.28. The minimum atomic E-state index is -0.122. The zero-order valence-corrected chi connectivity index (χ0v) is 18.3. The Hall–Kier alpha value is -3.16. The molecule has 2 aromatic heterocycles. The molecule has 0 saturated heterocycles. The van der Waals surface area contributed by atoms with Gasteiger partial charge in [0.05, 0.1) is 11.8 Å². The Kier molecular flexibility index (Phi) is 6.64. The van der Waals surface area contributed by atoms with Crippen LogP contribution in [-0.4, -0.2) is 31.4 Å². The normalized spacial score (nSPS) is 11.8. The third-order valence-corrected chi connectivity index (χ3v) is 5.83. The van der Waals surface area contributed by atoms with Gasteiger partial charge in [-0.1, -0.05) is 53.7 Å². The van der Waals surface area contributed by atoms with E-state index in [1.807, 2.05) is 78.2 Å². The molecule has 1 atom stereocenters. The number of carbonyl (C=O) groups excluding carboxylic acids is 1. The van der Waals surface area contributed by atoms with E-state index in [0.29, 0.717) is 16.0 Å². The maximum Gasteiger partial charge on any atom is 0.230 e. The Balaban J connectivity index is 1.51. The lowest BCUT2D eigenvalue weighted by Gasteiger charge is -2.14. The molecular weight excluding hydrogens is 430 g/mol. The predicted octanol–water partition coefficient (Wildman–Crippen LogP) is 4.95. The van der Waals surface area contributed by atoms with Crippen molar-refractivity contribution in [3.05, 3.63) is 89.7 Å². The van der Waals surface area contributed by atoms with Crippen molar-refractivity contribution in [2.45, 2.75) is 18.1 Å². The number of benzene rings is 2. The van der Waals surface area contributed by atoms with Crippen LogP contribution < -0.4 is 5.32 Å². The molecule has 0 spiro atoms. The third kappa shape index (κ3) is 5.13. The highest BCUT2D eigenvalue weighted by Gasteiger charge is 2.18. The fraction of sp³-hybridized carbons (Fsp3) is 0.130. The van der Waals surface area contributed by atoms with Gasteiger partial charge in [-0.25, -0.2) is 0 Å². The number of aromatic nitrogens is 4. The second-order valence-corrected chi connectivity index (χ2v) is 8.23. The number of thioether (sulfide) groups is 1. The smallest absolute Gasteiger partial charge is 0.230 e. The molecule has 0 fully saturated rings. The topological polar surface area (TPSA) is 72.7 Å². The highest BCUT2D eigenvalue weighted by atomic mass is 35.5. The fourth-order valence-electron chi connectivity index (χ4n) is 3.10. The summed E-state index contributed by atoms with van der Waals surface area (Å²) in [5.41, 5.74) is 2.77. The summed E-state index contributed by atoms with van der Waals surface area (Å²) in [7, 11) is 0. The van der Waals surface area contributed by atoms with E-state index < -0.39 is 0 Å². The van der Waals surface area contributed by atoms with Gasteiger partial charge in [-0.05, 0) is 48.9 Å². The lowest BCUT2D eigenvalue weighted by molar-refractivity contribution is -0.119. The molecule has 6 nitrogen and oxygen atoms in total. The largest absolute Gasteiger partial charge is 0.349 e. The Labute approximate surface area is 189 Å². The first kappa shape index (κ1) is 21.1. The van der Waals surface area contributed by atoms with Crippen LogP contribution in [0.3, 0.4) is 0 Å². The van der Waals surface area contributed by atoms with Gasteiger partial charge in [0.2, 0.25) is 5.91 Å². The average Bonchev–Trinajstić information content (AvgIpc) is 3.23. The summed E-state index contributed by atoms with van der Waals surface area (Å²) in [5.74, 6) is 0.811. The van der Waals surface area contributed by atoms with Gasteiger partial charge in [-0.3, -0.25) is 14.3 Å². The Morgan fingerprint density at radius 1 is 1.06 bits per heavy atom. The van der Waals surface area contributed by atoms with Gasteiger partial charge in [0.25, 0.3) is 0 Å². The van der Waals surface area contributed by atoms with Gasteiger partial charge in [-0.15, -0.1) is 10.2 Å². The molecule has 0 aliphatic rings. The minimum absolute atomic E-state index is 0.0852. The highest BCUT2D eigenvalue weighted by Crippen LogP contribution is 2.27. The van der Waals surface area contributed by atoms with Crippen molar-refractivity contribution < 1.29 is 4.79 Å². The first-order valence-corrected chi connectivity index (χ1v) is 11.1. The Bertz CT molecular complexity index is 1150. The summed E-state index contributed by atoms with van der Waals surface area (Å²) in [6.07, 6.45) is 3.47. The summed E-state index contributed by atoms with van der Waals surface area (Å²) in [5, 5.41) is 13.0. The summed E-state index contributed by atoms with van der Waals surface area (Å²) in [6, 6.07) is 21.0. The zero-order valence-electron chi connectivity index (χ0n) is 16.8. The number of carbonyl (C=O) groups is 1. The van der Waals surface area contributed by atoms with E-state index in [2.05, 4.69) is 20.5 Å². The van der Waals surface area contributed by atoms with Crippen LogP contribution in [-0.2, 0) is 4.79 Å². The van der Waals surface area contributed by atoms with Crippen molar-refractivity contribution in [1.82, 2.24) is 25.1 Å². The zero-order chi connectivity index (χ0) is 21.6. The van der Waals surface area contributed by atoms with E-state index >= 15 is 0 Å². The standard InChI is InChI=1S/C23H20ClN5OS/c1-16(17-9-11-19(24)12-10-17)26-21(30)15-31-23-28-27-22(18-6-5-13-25-14-18)29(23)20-7-3-2-4-8-20/h2-14,16H,15H2,1H3,(H,26,30). The molecule has 2 heterocycles. The van der Waals surface area contributed by atoms with Crippen LogP contribution in [0.4, 0.5) is 0 Å².